The van der Waals surface area contributed by atoms with Crippen molar-refractivity contribution in [2.45, 2.75) is 38.6 Å². The summed E-state index contributed by atoms with van der Waals surface area (Å²) in [6.07, 6.45) is 8.47. The van der Waals surface area contributed by atoms with Crippen LogP contribution in [-0.4, -0.2) is 24.6 Å². The van der Waals surface area contributed by atoms with Crippen LogP contribution in [0.25, 0.3) is 0 Å². The standard InChI is InChI=1S/C21H24N2O3/c1-14-18-12-22-10-9-17(18)21(24)23(14)16-7-8-19(25-2)20(11-16)26-13-15-5-3-4-6-15/h7-12,14-15H,3-6,13H2,1-2H3. The highest BCUT2D eigenvalue weighted by Crippen LogP contribution is 2.40. The number of aromatic nitrogens is 1. The summed E-state index contributed by atoms with van der Waals surface area (Å²) >= 11 is 0. The minimum absolute atomic E-state index is 0.00168. The highest BCUT2D eigenvalue weighted by atomic mass is 16.5. The van der Waals surface area contributed by atoms with Crippen molar-refractivity contribution in [3.8, 4) is 11.5 Å². The van der Waals surface area contributed by atoms with Crippen molar-refractivity contribution in [1.29, 1.82) is 0 Å². The van der Waals surface area contributed by atoms with E-state index in [0.29, 0.717) is 24.0 Å². The third kappa shape index (κ3) is 2.91. The second kappa shape index (κ2) is 6.98. The lowest BCUT2D eigenvalue weighted by Crippen LogP contribution is -2.26. The van der Waals surface area contributed by atoms with E-state index < -0.39 is 0 Å². The number of carbonyl (C=O) groups is 1. The summed E-state index contributed by atoms with van der Waals surface area (Å²) in [4.78, 5) is 18.8. The Morgan fingerprint density at radius 3 is 2.73 bits per heavy atom. The Bertz CT molecular complexity index is 815. The number of fused-ring (bicyclic) bond motifs is 1. The number of amides is 1. The average molecular weight is 352 g/mol. The molecule has 1 amide bonds. The van der Waals surface area contributed by atoms with E-state index in [9.17, 15) is 4.79 Å². The molecule has 1 unspecified atom stereocenters. The summed E-state index contributed by atoms with van der Waals surface area (Å²) in [6.45, 7) is 2.72. The molecule has 0 bridgehead atoms. The fourth-order valence-electron chi connectivity index (χ4n) is 4.03. The Morgan fingerprint density at radius 1 is 1.19 bits per heavy atom. The van der Waals surface area contributed by atoms with E-state index >= 15 is 0 Å². The van der Waals surface area contributed by atoms with E-state index in [1.807, 2.05) is 25.1 Å². The molecule has 26 heavy (non-hydrogen) atoms. The number of hydrogen-bond acceptors (Lipinski definition) is 4. The van der Waals surface area contributed by atoms with E-state index in [1.54, 1.807) is 30.5 Å². The van der Waals surface area contributed by atoms with E-state index in [2.05, 4.69) is 4.98 Å². The van der Waals surface area contributed by atoms with Gasteiger partial charge in [0.2, 0.25) is 0 Å². The van der Waals surface area contributed by atoms with Crippen LogP contribution in [0, 0.1) is 5.92 Å². The highest BCUT2D eigenvalue weighted by molar-refractivity contribution is 6.11. The molecule has 5 heteroatoms. The first-order valence-electron chi connectivity index (χ1n) is 9.27. The lowest BCUT2D eigenvalue weighted by molar-refractivity contribution is 0.0992. The number of ether oxygens (including phenoxy) is 2. The van der Waals surface area contributed by atoms with E-state index in [0.717, 1.165) is 16.8 Å². The Hall–Kier alpha value is -2.56. The summed E-state index contributed by atoms with van der Waals surface area (Å²) < 4.78 is 11.5. The van der Waals surface area contributed by atoms with Gasteiger partial charge in [-0.25, -0.2) is 0 Å². The van der Waals surface area contributed by atoms with Gasteiger partial charge in [-0.05, 0) is 43.9 Å². The minimum Gasteiger partial charge on any atom is -0.493 e. The first kappa shape index (κ1) is 16.9. The SMILES string of the molecule is COc1ccc(N2C(=O)c3ccncc3C2C)cc1OCC1CCCC1. The molecule has 1 fully saturated rings. The van der Waals surface area contributed by atoms with Crippen LogP contribution in [0.4, 0.5) is 5.69 Å². The third-order valence-corrected chi connectivity index (χ3v) is 5.51. The fourth-order valence-corrected chi connectivity index (χ4v) is 4.03. The lowest BCUT2D eigenvalue weighted by Gasteiger charge is -2.23. The number of hydrogen-bond donors (Lipinski definition) is 0. The van der Waals surface area contributed by atoms with Crippen LogP contribution in [-0.2, 0) is 0 Å². The maximum absolute atomic E-state index is 12.9. The highest BCUT2D eigenvalue weighted by Gasteiger charge is 2.35. The number of carbonyl (C=O) groups excluding carboxylic acids is 1. The zero-order valence-corrected chi connectivity index (χ0v) is 15.3. The maximum Gasteiger partial charge on any atom is 0.259 e. The van der Waals surface area contributed by atoms with Crippen LogP contribution in [0.5, 0.6) is 11.5 Å². The number of pyridine rings is 1. The van der Waals surface area contributed by atoms with Crippen molar-refractivity contribution in [2.75, 3.05) is 18.6 Å². The van der Waals surface area contributed by atoms with Gasteiger partial charge in [-0.3, -0.25) is 9.78 Å². The largest absolute Gasteiger partial charge is 0.493 e. The second-order valence-corrected chi connectivity index (χ2v) is 7.11. The zero-order valence-electron chi connectivity index (χ0n) is 15.3. The first-order chi connectivity index (χ1) is 12.7. The van der Waals surface area contributed by atoms with E-state index in [-0.39, 0.29) is 11.9 Å². The first-order valence-corrected chi connectivity index (χ1v) is 9.27. The molecule has 1 aromatic carbocycles. The predicted molar refractivity (Wildman–Crippen MR) is 99.9 cm³/mol. The van der Waals surface area contributed by atoms with Crippen molar-refractivity contribution in [3.63, 3.8) is 0 Å². The van der Waals surface area contributed by atoms with Gasteiger partial charge in [-0.1, -0.05) is 12.8 Å². The normalized spacial score (nSPS) is 19.7. The van der Waals surface area contributed by atoms with Gasteiger partial charge >= 0.3 is 0 Å². The predicted octanol–water partition coefficient (Wildman–Crippen LogP) is 4.38. The monoisotopic (exact) mass is 352 g/mol. The lowest BCUT2D eigenvalue weighted by atomic mass is 10.1. The van der Waals surface area contributed by atoms with Crippen LogP contribution in [0.2, 0.25) is 0 Å². The molecule has 4 rings (SSSR count). The molecule has 1 atom stereocenters. The molecule has 1 aromatic heterocycles. The van der Waals surface area contributed by atoms with Gasteiger partial charge < -0.3 is 14.4 Å². The molecule has 0 N–H and O–H groups in total. The number of benzene rings is 1. The molecule has 1 aliphatic carbocycles. The molecular weight excluding hydrogens is 328 g/mol. The fraction of sp³-hybridized carbons (Fsp3) is 0.429. The van der Waals surface area contributed by atoms with E-state index in [4.69, 9.17) is 9.47 Å². The molecule has 0 saturated heterocycles. The second-order valence-electron chi connectivity index (χ2n) is 7.11. The Kier molecular flexibility index (Phi) is 4.53. The smallest absolute Gasteiger partial charge is 0.259 e. The van der Waals surface area contributed by atoms with Gasteiger partial charge in [0, 0.05) is 35.3 Å². The van der Waals surface area contributed by atoms with Crippen molar-refractivity contribution in [2.24, 2.45) is 5.92 Å². The van der Waals surface area contributed by atoms with Gasteiger partial charge in [0.1, 0.15) is 0 Å². The molecule has 0 spiro atoms. The molecule has 136 valence electrons. The van der Waals surface area contributed by atoms with Crippen LogP contribution >= 0.6 is 0 Å². The summed E-state index contributed by atoms with van der Waals surface area (Å²) in [5.41, 5.74) is 2.50. The Morgan fingerprint density at radius 2 is 2.00 bits per heavy atom. The van der Waals surface area contributed by atoms with Crippen LogP contribution < -0.4 is 14.4 Å². The molecule has 0 radical (unpaired) electrons. The van der Waals surface area contributed by atoms with Crippen LogP contribution in [0.15, 0.2) is 36.7 Å². The molecule has 2 aliphatic rings. The van der Waals surface area contributed by atoms with Gasteiger partial charge in [0.15, 0.2) is 11.5 Å². The molecule has 1 aliphatic heterocycles. The molecule has 5 nitrogen and oxygen atoms in total. The van der Waals surface area contributed by atoms with Gasteiger partial charge in [-0.15, -0.1) is 0 Å². The van der Waals surface area contributed by atoms with Crippen molar-refractivity contribution < 1.29 is 14.3 Å². The zero-order chi connectivity index (χ0) is 18.1. The van der Waals surface area contributed by atoms with Crippen LogP contribution in [0.3, 0.4) is 0 Å². The van der Waals surface area contributed by atoms with E-state index in [1.165, 1.54) is 25.7 Å². The van der Waals surface area contributed by atoms with Gasteiger partial charge in [0.25, 0.3) is 5.91 Å². The topological polar surface area (TPSA) is 51.7 Å². The number of anilines is 1. The summed E-state index contributed by atoms with van der Waals surface area (Å²) in [7, 11) is 1.64. The van der Waals surface area contributed by atoms with Gasteiger partial charge in [0.05, 0.1) is 19.8 Å². The third-order valence-electron chi connectivity index (χ3n) is 5.51. The van der Waals surface area contributed by atoms with Crippen molar-refractivity contribution in [1.82, 2.24) is 4.98 Å². The summed E-state index contributed by atoms with van der Waals surface area (Å²) in [6, 6.07) is 7.44. The Balaban J connectivity index is 1.61. The molecular formula is C21H24N2O3. The number of methoxy groups -OCH3 is 1. The van der Waals surface area contributed by atoms with Crippen molar-refractivity contribution >= 4 is 11.6 Å². The average Bonchev–Trinajstić information content (AvgIpc) is 3.27. The summed E-state index contributed by atoms with van der Waals surface area (Å²) in [5.74, 6) is 2.02. The van der Waals surface area contributed by atoms with Crippen LogP contribution in [0.1, 0.15) is 54.6 Å². The summed E-state index contributed by atoms with van der Waals surface area (Å²) in [5, 5.41) is 0. The van der Waals surface area contributed by atoms with Gasteiger partial charge in [-0.2, -0.15) is 0 Å². The Labute approximate surface area is 153 Å². The quantitative estimate of drug-likeness (QED) is 0.801. The molecule has 2 heterocycles. The number of nitrogens with zero attached hydrogens (tertiary/aromatic N) is 2. The molecule has 1 saturated carbocycles. The number of rotatable bonds is 5. The van der Waals surface area contributed by atoms with Crippen molar-refractivity contribution in [3.05, 3.63) is 47.8 Å². The minimum atomic E-state index is -0.0534. The molecule has 2 aromatic rings. The maximum atomic E-state index is 12.9.